The van der Waals surface area contributed by atoms with Crippen LogP contribution in [-0.4, -0.2) is 7.85 Å². The normalized spacial score (nSPS) is 9.75. The highest BCUT2D eigenvalue weighted by molar-refractivity contribution is 6.32. The Hall–Kier alpha value is -1.96. The monoisotopic (exact) mass is 207 g/mol. The van der Waals surface area contributed by atoms with E-state index < -0.39 is 0 Å². The van der Waals surface area contributed by atoms with Gasteiger partial charge in [-0.2, -0.15) is 0 Å². The average Bonchev–Trinajstić information content (AvgIpc) is 2.31. The van der Waals surface area contributed by atoms with Crippen molar-refractivity contribution < 1.29 is 0 Å². The van der Waals surface area contributed by atoms with Crippen molar-refractivity contribution in [2.45, 2.75) is 0 Å². The summed E-state index contributed by atoms with van der Waals surface area (Å²) in [6.45, 7) is 4.04. The van der Waals surface area contributed by atoms with E-state index in [1.54, 1.807) is 0 Å². The Bertz CT molecular complexity index is 474. The van der Waals surface area contributed by atoms with E-state index in [0.717, 1.165) is 16.9 Å². The summed E-state index contributed by atoms with van der Waals surface area (Å²) in [4.78, 5) is 0. The van der Waals surface area contributed by atoms with Crippen molar-refractivity contribution >= 4 is 24.7 Å². The van der Waals surface area contributed by atoms with E-state index in [9.17, 15) is 0 Å². The van der Waals surface area contributed by atoms with Crippen LogP contribution in [0.2, 0.25) is 0 Å². The molecule has 2 heteroatoms. The zero-order valence-corrected chi connectivity index (χ0v) is 9.40. The van der Waals surface area contributed by atoms with Crippen molar-refractivity contribution in [1.29, 1.82) is 0 Å². The van der Waals surface area contributed by atoms with Crippen LogP contribution >= 0.6 is 0 Å². The number of hydrogen-bond acceptors (Lipinski definition) is 1. The first kappa shape index (κ1) is 10.6. The predicted octanol–water partition coefficient (Wildman–Crippen LogP) is 2.03. The summed E-state index contributed by atoms with van der Waals surface area (Å²) in [5.41, 5.74) is 4.37. The lowest BCUT2D eigenvalue weighted by Crippen LogP contribution is -2.02. The molecule has 0 unspecified atom stereocenters. The van der Waals surface area contributed by atoms with E-state index in [4.69, 9.17) is 0 Å². The molecule has 0 aliphatic rings. The first-order valence-corrected chi connectivity index (χ1v) is 5.34. The largest absolute Gasteiger partial charge is 0.356 e. The van der Waals surface area contributed by atoms with Gasteiger partial charge in [-0.05, 0) is 17.7 Å². The lowest BCUT2D eigenvalue weighted by molar-refractivity contribution is 1.55. The highest BCUT2D eigenvalue weighted by Crippen LogP contribution is 2.15. The molecule has 0 saturated carbocycles. The molecule has 0 aliphatic carbocycles. The maximum Gasteiger partial charge on any atom is 0.139 e. The van der Waals surface area contributed by atoms with E-state index in [2.05, 4.69) is 44.0 Å². The van der Waals surface area contributed by atoms with Crippen LogP contribution in [0.5, 0.6) is 0 Å². The lowest BCUT2D eigenvalue weighted by Gasteiger charge is -2.09. The van der Waals surface area contributed by atoms with Gasteiger partial charge in [0.05, 0.1) is 0 Å². The van der Waals surface area contributed by atoms with E-state index in [1.807, 2.05) is 30.3 Å². The smallest absolute Gasteiger partial charge is 0.139 e. The second-order valence-electron chi connectivity index (χ2n) is 3.84. The van der Waals surface area contributed by atoms with Crippen molar-refractivity contribution in [3.05, 3.63) is 66.7 Å². The van der Waals surface area contributed by atoms with Gasteiger partial charge in [-0.1, -0.05) is 54.5 Å². The molecule has 0 aromatic heterocycles. The molecule has 0 saturated heterocycles. The summed E-state index contributed by atoms with van der Waals surface area (Å²) in [5, 5.41) is 3.28. The molecule has 0 spiro atoms. The Morgan fingerprint density at radius 2 is 1.56 bits per heavy atom. The minimum Gasteiger partial charge on any atom is -0.356 e. The van der Waals surface area contributed by atoms with Crippen molar-refractivity contribution in [3.63, 3.8) is 0 Å². The third-order valence-corrected chi connectivity index (χ3v) is 2.47. The van der Waals surface area contributed by atoms with Crippen molar-refractivity contribution in [3.8, 4) is 0 Å². The molecule has 0 bridgehead atoms. The van der Waals surface area contributed by atoms with Gasteiger partial charge >= 0.3 is 0 Å². The zero-order valence-electron chi connectivity index (χ0n) is 9.40. The molecule has 0 aliphatic heterocycles. The number of nitrogens with one attached hydrogen (secondary N) is 1. The number of anilines is 1. The van der Waals surface area contributed by atoms with Crippen LogP contribution in [-0.2, 0) is 0 Å². The third-order valence-electron chi connectivity index (χ3n) is 2.47. The summed E-state index contributed by atoms with van der Waals surface area (Å²) in [6.07, 6.45) is 0. The fraction of sp³-hybridized carbons (Fsp3) is 0. The van der Waals surface area contributed by atoms with Gasteiger partial charge in [-0.25, -0.2) is 0 Å². The molecule has 2 aromatic carbocycles. The topological polar surface area (TPSA) is 12.0 Å². The van der Waals surface area contributed by atoms with Crippen LogP contribution in [0.1, 0.15) is 5.56 Å². The maximum atomic E-state index is 4.04. The molecule has 78 valence electrons. The zero-order chi connectivity index (χ0) is 11.4. The molecule has 0 fully saturated rings. The Kier molecular flexibility index (Phi) is 3.11. The van der Waals surface area contributed by atoms with Crippen molar-refractivity contribution in [1.82, 2.24) is 0 Å². The summed E-state index contributed by atoms with van der Waals surface area (Å²) in [6, 6.07) is 18.4. The maximum absolute atomic E-state index is 4.04. The first-order chi connectivity index (χ1) is 7.75. The van der Waals surface area contributed by atoms with Crippen LogP contribution in [0.15, 0.2) is 61.2 Å². The van der Waals surface area contributed by atoms with E-state index in [1.165, 1.54) is 5.46 Å². The minimum atomic E-state index is 0.922. The Balaban J connectivity index is 2.12. The number of rotatable bonds is 3. The molecule has 0 atom stereocenters. The van der Waals surface area contributed by atoms with Gasteiger partial charge < -0.3 is 5.32 Å². The molecule has 0 amide bonds. The lowest BCUT2D eigenvalue weighted by atomic mass is 9.95. The van der Waals surface area contributed by atoms with Crippen LogP contribution in [0.4, 0.5) is 5.69 Å². The second-order valence-corrected chi connectivity index (χ2v) is 3.84. The fourth-order valence-corrected chi connectivity index (χ4v) is 1.52. The SMILES string of the molecule is Bc1ccc(C(=C)Nc2ccccc2)cc1. The molecule has 16 heavy (non-hydrogen) atoms. The van der Waals surface area contributed by atoms with E-state index >= 15 is 0 Å². The standard InChI is InChI=1S/C14H14BN/c1-11(12-7-9-13(15)10-8-12)16-14-5-3-2-4-6-14/h2-10,16H,1,15H2. The van der Waals surface area contributed by atoms with Crippen LogP contribution in [0, 0.1) is 0 Å². The van der Waals surface area contributed by atoms with Crippen LogP contribution in [0.25, 0.3) is 5.70 Å². The molecule has 1 nitrogen and oxygen atoms in total. The summed E-state index contributed by atoms with van der Waals surface area (Å²) >= 11 is 0. The first-order valence-electron chi connectivity index (χ1n) is 5.34. The van der Waals surface area contributed by atoms with Gasteiger partial charge in [-0.3, -0.25) is 0 Å². The summed E-state index contributed by atoms with van der Waals surface area (Å²) in [5.74, 6) is 0. The van der Waals surface area contributed by atoms with Gasteiger partial charge in [0, 0.05) is 11.4 Å². The fourth-order valence-electron chi connectivity index (χ4n) is 1.52. The van der Waals surface area contributed by atoms with Gasteiger partial charge in [0.1, 0.15) is 7.85 Å². The molecule has 2 aromatic rings. The summed E-state index contributed by atoms with van der Waals surface area (Å²) in [7, 11) is 2.08. The average molecular weight is 207 g/mol. The molecule has 1 N–H and O–H groups in total. The van der Waals surface area contributed by atoms with Gasteiger partial charge in [0.2, 0.25) is 0 Å². The Labute approximate surface area is 97.2 Å². The Morgan fingerprint density at radius 3 is 2.19 bits per heavy atom. The number of para-hydroxylation sites is 1. The predicted molar refractivity (Wildman–Crippen MR) is 73.7 cm³/mol. The van der Waals surface area contributed by atoms with Crippen molar-refractivity contribution in [2.75, 3.05) is 5.32 Å². The van der Waals surface area contributed by atoms with Gasteiger partial charge in [-0.15, -0.1) is 0 Å². The third kappa shape index (κ3) is 2.54. The highest BCUT2D eigenvalue weighted by atomic mass is 14.9. The van der Waals surface area contributed by atoms with Gasteiger partial charge in [0.15, 0.2) is 0 Å². The molecule has 0 radical (unpaired) electrons. The van der Waals surface area contributed by atoms with E-state index in [0.29, 0.717) is 0 Å². The molecular weight excluding hydrogens is 193 g/mol. The number of hydrogen-bond donors (Lipinski definition) is 1. The van der Waals surface area contributed by atoms with Crippen LogP contribution < -0.4 is 10.8 Å². The molecule has 0 heterocycles. The quantitative estimate of drug-likeness (QED) is 0.759. The minimum absolute atomic E-state index is 0.922. The molecular formula is C14H14BN. The molecule has 2 rings (SSSR count). The highest BCUT2D eigenvalue weighted by Gasteiger charge is 1.98. The van der Waals surface area contributed by atoms with E-state index in [-0.39, 0.29) is 0 Å². The Morgan fingerprint density at radius 1 is 0.938 bits per heavy atom. The van der Waals surface area contributed by atoms with Crippen LogP contribution in [0.3, 0.4) is 0 Å². The van der Waals surface area contributed by atoms with Gasteiger partial charge in [0.25, 0.3) is 0 Å². The second kappa shape index (κ2) is 4.71. The summed E-state index contributed by atoms with van der Waals surface area (Å²) < 4.78 is 0. The van der Waals surface area contributed by atoms with Crippen molar-refractivity contribution in [2.24, 2.45) is 0 Å². The number of benzene rings is 2.